The van der Waals surface area contributed by atoms with Crippen LogP contribution in [-0.4, -0.2) is 74.2 Å². The van der Waals surface area contributed by atoms with Gasteiger partial charge in [0.05, 0.1) is 72.4 Å². The molecule has 0 saturated heterocycles. The van der Waals surface area contributed by atoms with Crippen molar-refractivity contribution in [2.24, 2.45) is 23.7 Å². The summed E-state index contributed by atoms with van der Waals surface area (Å²) in [4.78, 5) is 99.0. The first-order valence-corrected chi connectivity index (χ1v) is 28.8. The number of rotatable bonds is 28. The van der Waals surface area contributed by atoms with E-state index in [1.165, 1.54) is 0 Å². The van der Waals surface area contributed by atoms with Gasteiger partial charge in [-0.25, -0.2) is 19.2 Å². The smallest absolute Gasteiger partial charge is 0.338 e. The molecule has 0 atom stereocenters. The lowest BCUT2D eigenvalue weighted by Crippen LogP contribution is -2.30. The Morgan fingerprint density at radius 1 is 0.300 bits per heavy atom. The summed E-state index contributed by atoms with van der Waals surface area (Å²) in [6.07, 6.45) is 15.9. The Bertz CT molecular complexity index is 2390. The zero-order chi connectivity index (χ0) is 57.5. The summed E-state index contributed by atoms with van der Waals surface area (Å²) in [6.45, 7) is 9.85. The van der Waals surface area contributed by atoms with Gasteiger partial charge in [-0.15, -0.1) is 0 Å². The van der Waals surface area contributed by atoms with E-state index in [4.69, 9.17) is 37.9 Å². The molecule has 16 nitrogen and oxygen atoms in total. The maximum Gasteiger partial charge on any atom is 0.338 e. The highest BCUT2D eigenvalue weighted by atomic mass is 16.6. The molecular formula is C64H84O16. The second-order valence-electron chi connectivity index (χ2n) is 20.3. The number of ether oxygens (including phenoxy) is 8. The zero-order valence-corrected chi connectivity index (χ0v) is 47.0. The molecule has 16 heteroatoms. The van der Waals surface area contributed by atoms with Crippen molar-refractivity contribution in [1.82, 2.24) is 0 Å². The molecule has 436 valence electrons. The molecule has 2 aliphatic carbocycles. The highest BCUT2D eigenvalue weighted by molar-refractivity contribution is 5.91. The maximum absolute atomic E-state index is 12.7. The first kappa shape index (κ1) is 63.5. The van der Waals surface area contributed by atoms with E-state index in [1.807, 2.05) is 13.8 Å². The van der Waals surface area contributed by atoms with Gasteiger partial charge in [-0.3, -0.25) is 19.2 Å². The fraction of sp³-hybridized carbons (Fsp3) is 0.500. The van der Waals surface area contributed by atoms with Gasteiger partial charge in [0.2, 0.25) is 0 Å². The fourth-order valence-electron chi connectivity index (χ4n) is 8.90. The number of carbonyl (C=O) groups is 8. The normalized spacial score (nSPS) is 16.6. The molecule has 0 N–H and O–H groups in total. The van der Waals surface area contributed by atoms with Crippen molar-refractivity contribution in [3.8, 4) is 23.0 Å². The van der Waals surface area contributed by atoms with Crippen LogP contribution in [0.15, 0.2) is 97.1 Å². The van der Waals surface area contributed by atoms with Crippen LogP contribution < -0.4 is 18.9 Å². The zero-order valence-electron chi connectivity index (χ0n) is 47.0. The van der Waals surface area contributed by atoms with Crippen LogP contribution in [0.2, 0.25) is 0 Å². The summed E-state index contributed by atoms with van der Waals surface area (Å²) in [6, 6.07) is 25.3. The summed E-state index contributed by atoms with van der Waals surface area (Å²) in [5, 5.41) is 0. The Kier molecular flexibility index (Phi) is 28.0. The second kappa shape index (κ2) is 35.3. The average molecular weight is 1110 g/mol. The summed E-state index contributed by atoms with van der Waals surface area (Å²) in [5.41, 5.74) is 1.64. The van der Waals surface area contributed by atoms with E-state index >= 15 is 0 Å². The van der Waals surface area contributed by atoms with Crippen LogP contribution in [0.1, 0.15) is 200 Å². The van der Waals surface area contributed by atoms with Crippen LogP contribution in [0.5, 0.6) is 23.0 Å². The van der Waals surface area contributed by atoms with Gasteiger partial charge >= 0.3 is 47.8 Å². The van der Waals surface area contributed by atoms with Gasteiger partial charge in [-0.1, -0.05) is 79.1 Å². The topological polar surface area (TPSA) is 210 Å². The predicted octanol–water partition coefficient (Wildman–Crippen LogP) is 13.9. The van der Waals surface area contributed by atoms with Crippen LogP contribution in [0.3, 0.4) is 0 Å². The van der Waals surface area contributed by atoms with Crippen molar-refractivity contribution < 1.29 is 79.1 Å². The number of carbonyl (C=O) groups excluding carboxylic acids is 8. The van der Waals surface area contributed by atoms with Crippen molar-refractivity contribution in [2.45, 2.75) is 156 Å². The average Bonchev–Trinajstić information content (AvgIpc) is 3.48. The van der Waals surface area contributed by atoms with Crippen LogP contribution >= 0.6 is 0 Å². The third-order valence-corrected chi connectivity index (χ3v) is 13.9. The first-order valence-electron chi connectivity index (χ1n) is 28.8. The van der Waals surface area contributed by atoms with Gasteiger partial charge in [0.1, 0.15) is 23.0 Å². The highest BCUT2D eigenvalue weighted by Crippen LogP contribution is 2.33. The lowest BCUT2D eigenvalue weighted by atomic mass is 9.82. The van der Waals surface area contributed by atoms with Crippen LogP contribution in [0.25, 0.3) is 0 Å². The van der Waals surface area contributed by atoms with E-state index in [0.717, 1.165) is 77.0 Å². The van der Waals surface area contributed by atoms with Crippen LogP contribution in [-0.2, 0) is 38.1 Å². The van der Waals surface area contributed by atoms with Crippen LogP contribution in [0.4, 0.5) is 0 Å². The molecule has 0 spiro atoms. The van der Waals surface area contributed by atoms with E-state index in [0.29, 0.717) is 123 Å². The summed E-state index contributed by atoms with van der Waals surface area (Å²) in [7, 11) is 0. The molecule has 0 radical (unpaired) electrons. The lowest BCUT2D eigenvalue weighted by Gasteiger charge is -2.25. The van der Waals surface area contributed by atoms with Crippen molar-refractivity contribution >= 4 is 47.8 Å². The van der Waals surface area contributed by atoms with Gasteiger partial charge in [0.15, 0.2) is 0 Å². The minimum absolute atomic E-state index is 0. The van der Waals surface area contributed by atoms with E-state index in [-0.39, 0.29) is 62.3 Å². The van der Waals surface area contributed by atoms with Gasteiger partial charge in [-0.2, -0.15) is 0 Å². The van der Waals surface area contributed by atoms with E-state index in [9.17, 15) is 38.4 Å². The molecule has 4 aromatic carbocycles. The molecule has 0 amide bonds. The lowest BCUT2D eigenvalue weighted by molar-refractivity contribution is -0.145. The Morgan fingerprint density at radius 2 is 0.500 bits per heavy atom. The monoisotopic (exact) mass is 1110 g/mol. The quantitative estimate of drug-likeness (QED) is 0.0224. The number of hydrogen-bond acceptors (Lipinski definition) is 16. The molecule has 6 rings (SSSR count). The van der Waals surface area contributed by atoms with Crippen molar-refractivity contribution in [3.05, 3.63) is 119 Å². The molecule has 0 aromatic heterocycles. The third kappa shape index (κ3) is 22.1. The Morgan fingerprint density at radius 3 is 0.700 bits per heavy atom. The number of esters is 8. The van der Waals surface area contributed by atoms with Gasteiger partial charge in [-0.05, 0) is 174 Å². The maximum atomic E-state index is 12.7. The molecule has 4 aromatic rings. The Labute approximate surface area is 473 Å². The number of benzene rings is 4. The minimum atomic E-state index is -0.401. The van der Waals surface area contributed by atoms with Crippen molar-refractivity contribution in [3.63, 3.8) is 0 Å². The first-order chi connectivity index (χ1) is 38.8. The summed E-state index contributed by atoms with van der Waals surface area (Å²) < 4.78 is 43.0. The SMILES string of the molecule is CCCCCCOC(=O)c1ccc(OC(=O)C2CCC(C(=O)Oc3ccc(C(=O)OCCCCCC)cc3)CC2)cc1.CCCCOC(=O)c1ccc(OC(=O)C2CCC(C(=O)Oc3ccc(C(=O)OCCCC)cc3)CC2)cc1.[HH].[HH]. The van der Waals surface area contributed by atoms with E-state index in [1.54, 1.807) is 97.1 Å². The van der Waals surface area contributed by atoms with Crippen LogP contribution in [0, 0.1) is 23.7 Å². The molecule has 0 heterocycles. The van der Waals surface area contributed by atoms with Crippen molar-refractivity contribution in [1.29, 1.82) is 0 Å². The largest absolute Gasteiger partial charge is 0.462 e. The van der Waals surface area contributed by atoms with Gasteiger partial charge in [0.25, 0.3) is 0 Å². The number of unbranched alkanes of at least 4 members (excludes halogenated alkanes) is 8. The standard InChI is InChI=1S/C34H44O8.C30H36O8.2H2/c1-3-5-7-9-23-39-31(35)25-15-19-29(20-16-25)41-33(37)27-11-13-28(14-12-27)34(38)42-30-21-17-26(18-22-30)32(36)40-24-10-8-6-4-2;1-3-5-19-35-27(31)21-11-15-25(16-12-21)37-29(33)23-7-9-24(10-8-23)30(34)38-26-17-13-22(14-18-26)28(32)36-20-6-4-2;;/h15-22,27-28H,3-14,23-24H2,1-2H3;11-18,23-24H,3-10,19-20H2,1-2H3;2*1H. The minimum Gasteiger partial charge on any atom is -0.462 e. The second-order valence-corrected chi connectivity index (χ2v) is 20.3. The predicted molar refractivity (Wildman–Crippen MR) is 303 cm³/mol. The molecule has 2 aliphatic rings. The summed E-state index contributed by atoms with van der Waals surface area (Å²) in [5.74, 6) is -2.76. The van der Waals surface area contributed by atoms with E-state index < -0.39 is 11.9 Å². The molecule has 0 unspecified atom stereocenters. The highest BCUT2D eigenvalue weighted by Gasteiger charge is 2.34. The molecule has 0 bridgehead atoms. The molecule has 2 fully saturated rings. The molecule has 80 heavy (non-hydrogen) atoms. The molecular weight excluding hydrogens is 1020 g/mol. The van der Waals surface area contributed by atoms with Crippen molar-refractivity contribution in [2.75, 3.05) is 26.4 Å². The van der Waals surface area contributed by atoms with Gasteiger partial charge in [0, 0.05) is 2.85 Å². The molecule has 0 aliphatic heterocycles. The number of hydrogen-bond donors (Lipinski definition) is 0. The Hall–Kier alpha value is -7.36. The Balaban J connectivity index is 0.000000422. The molecule has 2 saturated carbocycles. The fourth-order valence-corrected chi connectivity index (χ4v) is 8.90. The third-order valence-electron chi connectivity index (χ3n) is 13.9. The van der Waals surface area contributed by atoms with Gasteiger partial charge < -0.3 is 37.9 Å². The van der Waals surface area contributed by atoms with E-state index in [2.05, 4.69) is 13.8 Å². The summed E-state index contributed by atoms with van der Waals surface area (Å²) >= 11 is 0.